The molecular weight excluding hydrogens is 352 g/mol. The zero-order valence-corrected chi connectivity index (χ0v) is 15.9. The van der Waals surface area contributed by atoms with Gasteiger partial charge in [-0.15, -0.1) is 0 Å². The molecule has 0 aliphatic carbocycles. The SMILES string of the molecule is COc1cc(/C=N\NC(=O)c2ccc(OCc3ccccc3)cc2)ccc1C. The van der Waals surface area contributed by atoms with Crippen LogP contribution in [0.4, 0.5) is 0 Å². The topological polar surface area (TPSA) is 59.9 Å². The third-order valence-corrected chi connectivity index (χ3v) is 4.18. The molecule has 0 saturated carbocycles. The van der Waals surface area contributed by atoms with Gasteiger partial charge in [-0.3, -0.25) is 4.79 Å². The van der Waals surface area contributed by atoms with E-state index < -0.39 is 0 Å². The van der Waals surface area contributed by atoms with Crippen molar-refractivity contribution in [2.45, 2.75) is 13.5 Å². The minimum atomic E-state index is -0.287. The maximum atomic E-state index is 12.2. The lowest BCUT2D eigenvalue weighted by Crippen LogP contribution is -2.17. The van der Waals surface area contributed by atoms with E-state index in [9.17, 15) is 4.79 Å². The van der Waals surface area contributed by atoms with Crippen molar-refractivity contribution in [2.24, 2.45) is 5.10 Å². The molecule has 3 aromatic rings. The lowest BCUT2D eigenvalue weighted by Gasteiger charge is -2.07. The molecule has 3 aromatic carbocycles. The van der Waals surface area contributed by atoms with Crippen LogP contribution in [0.3, 0.4) is 0 Å². The number of hydrogen-bond donors (Lipinski definition) is 1. The molecule has 0 aliphatic rings. The molecule has 0 aliphatic heterocycles. The first-order chi connectivity index (χ1) is 13.7. The first-order valence-electron chi connectivity index (χ1n) is 8.90. The Morgan fingerprint density at radius 1 is 1.04 bits per heavy atom. The number of methoxy groups -OCH3 is 1. The Kier molecular flexibility index (Phi) is 6.41. The minimum absolute atomic E-state index is 0.287. The summed E-state index contributed by atoms with van der Waals surface area (Å²) in [4.78, 5) is 12.2. The molecule has 0 saturated heterocycles. The predicted octanol–water partition coefficient (Wildman–Crippen LogP) is 4.35. The fourth-order valence-corrected chi connectivity index (χ4v) is 2.59. The van der Waals surface area contributed by atoms with Crippen molar-refractivity contribution in [3.05, 3.63) is 95.1 Å². The van der Waals surface area contributed by atoms with Crippen LogP contribution >= 0.6 is 0 Å². The Morgan fingerprint density at radius 2 is 1.79 bits per heavy atom. The van der Waals surface area contributed by atoms with Gasteiger partial charge < -0.3 is 9.47 Å². The molecule has 0 fully saturated rings. The molecule has 0 unspecified atom stereocenters. The van der Waals surface area contributed by atoms with Gasteiger partial charge in [-0.25, -0.2) is 5.43 Å². The number of aryl methyl sites for hydroxylation is 1. The van der Waals surface area contributed by atoms with Crippen LogP contribution in [0.5, 0.6) is 11.5 Å². The standard InChI is InChI=1S/C23H22N2O3/c1-17-8-9-19(14-22(17)27-2)15-24-25-23(26)20-10-12-21(13-11-20)28-16-18-6-4-3-5-7-18/h3-15H,16H2,1-2H3,(H,25,26)/b24-15-. The smallest absolute Gasteiger partial charge is 0.271 e. The normalized spacial score (nSPS) is 10.6. The first-order valence-corrected chi connectivity index (χ1v) is 8.90. The van der Waals surface area contributed by atoms with Crippen LogP contribution in [0.1, 0.15) is 27.0 Å². The summed E-state index contributed by atoms with van der Waals surface area (Å²) in [5, 5.41) is 4.01. The predicted molar refractivity (Wildman–Crippen MR) is 110 cm³/mol. The summed E-state index contributed by atoms with van der Waals surface area (Å²) in [6.45, 7) is 2.45. The molecule has 3 rings (SSSR count). The van der Waals surface area contributed by atoms with Gasteiger partial charge in [0, 0.05) is 5.56 Å². The highest BCUT2D eigenvalue weighted by atomic mass is 16.5. The molecule has 1 N–H and O–H groups in total. The Morgan fingerprint density at radius 3 is 2.50 bits per heavy atom. The van der Waals surface area contributed by atoms with Crippen molar-refractivity contribution in [1.82, 2.24) is 5.43 Å². The van der Waals surface area contributed by atoms with Crippen molar-refractivity contribution >= 4 is 12.1 Å². The Bertz CT molecular complexity index is 951. The maximum absolute atomic E-state index is 12.2. The zero-order chi connectivity index (χ0) is 19.8. The number of carbonyl (C=O) groups excluding carboxylic acids is 1. The van der Waals surface area contributed by atoms with E-state index in [0.717, 1.165) is 22.4 Å². The van der Waals surface area contributed by atoms with Gasteiger partial charge in [0.2, 0.25) is 0 Å². The lowest BCUT2D eigenvalue weighted by molar-refractivity contribution is 0.0955. The highest BCUT2D eigenvalue weighted by molar-refractivity contribution is 5.95. The van der Waals surface area contributed by atoms with Crippen molar-refractivity contribution in [3.63, 3.8) is 0 Å². The van der Waals surface area contributed by atoms with Crippen LogP contribution in [0.25, 0.3) is 0 Å². The molecule has 0 spiro atoms. The molecule has 0 heterocycles. The highest BCUT2D eigenvalue weighted by Gasteiger charge is 2.05. The fraction of sp³-hybridized carbons (Fsp3) is 0.130. The number of rotatable bonds is 7. The third kappa shape index (κ3) is 5.20. The fourth-order valence-electron chi connectivity index (χ4n) is 2.59. The van der Waals surface area contributed by atoms with Gasteiger partial charge in [-0.1, -0.05) is 42.5 Å². The van der Waals surface area contributed by atoms with Gasteiger partial charge in [0.05, 0.1) is 13.3 Å². The summed E-state index contributed by atoms with van der Waals surface area (Å²) >= 11 is 0. The number of carbonyl (C=O) groups is 1. The summed E-state index contributed by atoms with van der Waals surface area (Å²) in [5.41, 5.74) is 6.00. The summed E-state index contributed by atoms with van der Waals surface area (Å²) < 4.78 is 11.0. The number of hydrogen-bond acceptors (Lipinski definition) is 4. The van der Waals surface area contributed by atoms with Crippen LogP contribution in [0, 0.1) is 6.92 Å². The number of ether oxygens (including phenoxy) is 2. The Hall–Kier alpha value is -3.60. The van der Waals surface area contributed by atoms with Crippen LogP contribution in [-0.2, 0) is 6.61 Å². The minimum Gasteiger partial charge on any atom is -0.496 e. The Labute approximate surface area is 164 Å². The average Bonchev–Trinajstić information content (AvgIpc) is 2.74. The first kappa shape index (κ1) is 19.2. The second kappa shape index (κ2) is 9.37. The van der Waals surface area contributed by atoms with Crippen LogP contribution in [0.2, 0.25) is 0 Å². The van der Waals surface area contributed by atoms with Crippen molar-refractivity contribution in [2.75, 3.05) is 7.11 Å². The van der Waals surface area contributed by atoms with E-state index >= 15 is 0 Å². The second-order valence-corrected chi connectivity index (χ2v) is 6.23. The molecule has 0 bridgehead atoms. The second-order valence-electron chi connectivity index (χ2n) is 6.23. The summed E-state index contributed by atoms with van der Waals surface area (Å²) in [6, 6.07) is 22.6. The van der Waals surface area contributed by atoms with Crippen molar-refractivity contribution in [3.8, 4) is 11.5 Å². The van der Waals surface area contributed by atoms with E-state index in [2.05, 4.69) is 10.5 Å². The number of hydrazone groups is 1. The van der Waals surface area contributed by atoms with Gasteiger partial charge in [-0.05, 0) is 53.9 Å². The van der Waals surface area contributed by atoms with Gasteiger partial charge in [0.1, 0.15) is 18.1 Å². The largest absolute Gasteiger partial charge is 0.496 e. The van der Waals surface area contributed by atoms with E-state index in [1.54, 1.807) is 37.6 Å². The summed E-state index contributed by atoms with van der Waals surface area (Å²) in [6.07, 6.45) is 1.58. The maximum Gasteiger partial charge on any atom is 0.271 e. The molecule has 0 aromatic heterocycles. The van der Waals surface area contributed by atoms with Gasteiger partial charge in [0.15, 0.2) is 0 Å². The van der Waals surface area contributed by atoms with E-state index in [4.69, 9.17) is 9.47 Å². The van der Waals surface area contributed by atoms with E-state index in [1.165, 1.54) is 0 Å². The monoisotopic (exact) mass is 374 g/mol. The molecule has 28 heavy (non-hydrogen) atoms. The molecule has 1 amide bonds. The molecular formula is C23H22N2O3. The van der Waals surface area contributed by atoms with Crippen molar-refractivity contribution in [1.29, 1.82) is 0 Å². The molecule has 5 nitrogen and oxygen atoms in total. The number of nitrogens with one attached hydrogen (secondary N) is 1. The highest BCUT2D eigenvalue weighted by Crippen LogP contribution is 2.18. The average molecular weight is 374 g/mol. The van der Waals surface area contributed by atoms with Crippen LogP contribution in [-0.4, -0.2) is 19.2 Å². The number of nitrogens with zero attached hydrogens (tertiary/aromatic N) is 1. The Balaban J connectivity index is 1.54. The van der Waals surface area contributed by atoms with Gasteiger partial charge in [0.25, 0.3) is 5.91 Å². The van der Waals surface area contributed by atoms with Gasteiger partial charge in [-0.2, -0.15) is 5.10 Å². The zero-order valence-electron chi connectivity index (χ0n) is 15.9. The number of amides is 1. The van der Waals surface area contributed by atoms with E-state index in [0.29, 0.717) is 17.9 Å². The quantitative estimate of drug-likeness (QED) is 0.494. The van der Waals surface area contributed by atoms with Crippen LogP contribution < -0.4 is 14.9 Å². The number of benzene rings is 3. The molecule has 0 radical (unpaired) electrons. The molecule has 5 heteroatoms. The van der Waals surface area contributed by atoms with Gasteiger partial charge >= 0.3 is 0 Å². The third-order valence-electron chi connectivity index (χ3n) is 4.18. The van der Waals surface area contributed by atoms with E-state index in [1.807, 2.05) is 55.5 Å². The molecule has 142 valence electrons. The van der Waals surface area contributed by atoms with E-state index in [-0.39, 0.29) is 5.91 Å². The van der Waals surface area contributed by atoms with Crippen LogP contribution in [0.15, 0.2) is 77.9 Å². The summed E-state index contributed by atoms with van der Waals surface area (Å²) in [5.74, 6) is 1.20. The van der Waals surface area contributed by atoms with Crippen molar-refractivity contribution < 1.29 is 14.3 Å². The molecule has 0 atom stereocenters. The summed E-state index contributed by atoms with van der Waals surface area (Å²) in [7, 11) is 1.62. The lowest BCUT2D eigenvalue weighted by atomic mass is 10.1.